The fourth-order valence-electron chi connectivity index (χ4n) is 1.51. The van der Waals surface area contributed by atoms with E-state index in [0.717, 1.165) is 5.56 Å². The molecule has 1 heterocycles. The van der Waals surface area contributed by atoms with Crippen molar-refractivity contribution in [3.05, 3.63) is 30.1 Å². The summed E-state index contributed by atoms with van der Waals surface area (Å²) in [6, 6.07) is 3.61. The van der Waals surface area contributed by atoms with E-state index < -0.39 is 6.09 Å². The maximum atomic E-state index is 11.6. The Kier molecular flexibility index (Phi) is 6.35. The molecule has 0 aliphatic heterocycles. The second-order valence-corrected chi connectivity index (χ2v) is 3.97. The van der Waals surface area contributed by atoms with Crippen LogP contribution in [0.1, 0.15) is 31.9 Å². The first kappa shape index (κ1) is 14.9. The van der Waals surface area contributed by atoms with Gasteiger partial charge in [0.25, 0.3) is 0 Å². The normalized spacial score (nSPS) is 11.5. The van der Waals surface area contributed by atoms with Gasteiger partial charge in [0.1, 0.15) is 0 Å². The van der Waals surface area contributed by atoms with Crippen molar-refractivity contribution in [3.63, 3.8) is 0 Å². The minimum atomic E-state index is -0.502. The van der Waals surface area contributed by atoms with E-state index >= 15 is 0 Å². The molecule has 2 amide bonds. The minimum Gasteiger partial charge on any atom is -0.450 e. The van der Waals surface area contributed by atoms with Crippen LogP contribution in [0.15, 0.2) is 24.5 Å². The number of rotatable bonds is 6. The van der Waals surface area contributed by atoms with Crippen molar-refractivity contribution in [1.29, 1.82) is 0 Å². The van der Waals surface area contributed by atoms with Gasteiger partial charge in [-0.05, 0) is 31.5 Å². The predicted octanol–water partition coefficient (Wildman–Crippen LogP) is 1.39. The van der Waals surface area contributed by atoms with Gasteiger partial charge < -0.3 is 15.4 Å². The first-order valence-corrected chi connectivity index (χ1v) is 6.23. The molecule has 2 N–H and O–H groups in total. The molecule has 0 saturated heterocycles. The molecule has 0 aliphatic carbocycles. The summed E-state index contributed by atoms with van der Waals surface area (Å²) in [6.07, 6.45) is 3.08. The number of ether oxygens (including phenoxy) is 1. The highest BCUT2D eigenvalue weighted by atomic mass is 16.5. The van der Waals surface area contributed by atoms with Crippen LogP contribution < -0.4 is 10.6 Å². The van der Waals surface area contributed by atoms with Crippen LogP contribution in [0.5, 0.6) is 0 Å². The Morgan fingerprint density at radius 3 is 2.68 bits per heavy atom. The molecule has 0 unspecified atom stereocenters. The summed E-state index contributed by atoms with van der Waals surface area (Å²) >= 11 is 0. The van der Waals surface area contributed by atoms with E-state index in [4.69, 9.17) is 0 Å². The molecule has 0 bridgehead atoms. The number of nitrogens with zero attached hydrogens (tertiary/aromatic N) is 1. The molecule has 0 radical (unpaired) electrons. The van der Waals surface area contributed by atoms with E-state index in [0.29, 0.717) is 6.61 Å². The standard InChI is InChI=1S/C13H19N3O3/c1-3-19-13(18)15-9-6-12(17)16-10(2)11-4-7-14-8-5-11/h4-5,7-8,10H,3,6,9H2,1-2H3,(H,15,18)(H,16,17)/t10-/m1/s1. The lowest BCUT2D eigenvalue weighted by atomic mass is 10.1. The van der Waals surface area contributed by atoms with Crippen LogP contribution >= 0.6 is 0 Å². The quantitative estimate of drug-likeness (QED) is 0.814. The molecular weight excluding hydrogens is 246 g/mol. The van der Waals surface area contributed by atoms with Gasteiger partial charge in [0.2, 0.25) is 5.91 Å². The van der Waals surface area contributed by atoms with Crippen LogP contribution in [-0.4, -0.2) is 30.1 Å². The number of pyridine rings is 1. The average molecular weight is 265 g/mol. The first-order valence-electron chi connectivity index (χ1n) is 6.23. The molecule has 0 aromatic carbocycles. The van der Waals surface area contributed by atoms with Gasteiger partial charge in [-0.15, -0.1) is 0 Å². The van der Waals surface area contributed by atoms with E-state index in [1.54, 1.807) is 19.3 Å². The third kappa shape index (κ3) is 5.85. The highest BCUT2D eigenvalue weighted by molar-refractivity contribution is 5.77. The summed E-state index contributed by atoms with van der Waals surface area (Å²) in [5, 5.41) is 5.34. The molecular formula is C13H19N3O3. The van der Waals surface area contributed by atoms with Crippen LogP contribution in [0.2, 0.25) is 0 Å². The Hall–Kier alpha value is -2.11. The van der Waals surface area contributed by atoms with Gasteiger partial charge in [0, 0.05) is 25.4 Å². The van der Waals surface area contributed by atoms with Gasteiger partial charge in [-0.2, -0.15) is 0 Å². The maximum Gasteiger partial charge on any atom is 0.407 e. The number of nitrogens with one attached hydrogen (secondary N) is 2. The van der Waals surface area contributed by atoms with Gasteiger partial charge in [0.05, 0.1) is 12.6 Å². The van der Waals surface area contributed by atoms with Crippen LogP contribution in [-0.2, 0) is 9.53 Å². The van der Waals surface area contributed by atoms with Crippen molar-refractivity contribution in [2.24, 2.45) is 0 Å². The molecule has 104 valence electrons. The van der Waals surface area contributed by atoms with Gasteiger partial charge in [-0.3, -0.25) is 9.78 Å². The zero-order valence-corrected chi connectivity index (χ0v) is 11.2. The lowest BCUT2D eigenvalue weighted by molar-refractivity contribution is -0.121. The summed E-state index contributed by atoms with van der Waals surface area (Å²) in [6.45, 7) is 4.19. The van der Waals surface area contributed by atoms with Crippen LogP contribution in [0.25, 0.3) is 0 Å². The monoisotopic (exact) mass is 265 g/mol. The SMILES string of the molecule is CCOC(=O)NCCC(=O)N[C@H](C)c1ccncc1. The maximum absolute atomic E-state index is 11.6. The summed E-state index contributed by atoms with van der Waals surface area (Å²) in [5.41, 5.74) is 0.988. The lowest BCUT2D eigenvalue weighted by Gasteiger charge is -2.14. The Labute approximate surface area is 112 Å². The third-order valence-corrected chi connectivity index (χ3v) is 2.48. The fourth-order valence-corrected chi connectivity index (χ4v) is 1.51. The second kappa shape index (κ2) is 8.07. The highest BCUT2D eigenvalue weighted by Gasteiger charge is 2.09. The van der Waals surface area contributed by atoms with E-state index in [-0.39, 0.29) is 24.9 Å². The summed E-state index contributed by atoms with van der Waals surface area (Å²) in [4.78, 5) is 26.6. The fraction of sp³-hybridized carbons (Fsp3) is 0.462. The van der Waals surface area contributed by atoms with E-state index in [1.807, 2.05) is 19.1 Å². The van der Waals surface area contributed by atoms with E-state index in [9.17, 15) is 9.59 Å². The van der Waals surface area contributed by atoms with Crippen LogP contribution in [0.3, 0.4) is 0 Å². The van der Waals surface area contributed by atoms with Crippen LogP contribution in [0, 0.1) is 0 Å². The Morgan fingerprint density at radius 1 is 1.37 bits per heavy atom. The first-order chi connectivity index (χ1) is 9.13. The predicted molar refractivity (Wildman–Crippen MR) is 70.4 cm³/mol. The number of hydrogen-bond acceptors (Lipinski definition) is 4. The van der Waals surface area contributed by atoms with Crippen molar-refractivity contribution in [3.8, 4) is 0 Å². The minimum absolute atomic E-state index is 0.0851. The number of carbonyl (C=O) groups excluding carboxylic acids is 2. The second-order valence-electron chi connectivity index (χ2n) is 3.97. The zero-order valence-electron chi connectivity index (χ0n) is 11.2. The molecule has 1 aromatic heterocycles. The van der Waals surface area contributed by atoms with Crippen LogP contribution in [0.4, 0.5) is 4.79 Å². The van der Waals surface area contributed by atoms with E-state index in [1.165, 1.54) is 0 Å². The summed E-state index contributed by atoms with van der Waals surface area (Å²) in [7, 11) is 0. The topological polar surface area (TPSA) is 80.3 Å². The van der Waals surface area contributed by atoms with Gasteiger partial charge in [0.15, 0.2) is 0 Å². The molecule has 19 heavy (non-hydrogen) atoms. The van der Waals surface area contributed by atoms with Crippen molar-refractivity contribution >= 4 is 12.0 Å². The van der Waals surface area contributed by atoms with Crippen molar-refractivity contribution in [2.75, 3.05) is 13.2 Å². The molecule has 1 aromatic rings. The third-order valence-electron chi connectivity index (χ3n) is 2.48. The van der Waals surface area contributed by atoms with E-state index in [2.05, 4.69) is 20.4 Å². The number of carbonyl (C=O) groups is 2. The lowest BCUT2D eigenvalue weighted by Crippen LogP contribution is -2.32. The van der Waals surface area contributed by atoms with Gasteiger partial charge in [-0.1, -0.05) is 0 Å². The Bertz CT molecular complexity index is 409. The molecule has 0 spiro atoms. The molecule has 6 nitrogen and oxygen atoms in total. The zero-order chi connectivity index (χ0) is 14.1. The number of amides is 2. The molecule has 0 aliphatic rings. The largest absolute Gasteiger partial charge is 0.450 e. The summed E-state index contributed by atoms with van der Waals surface area (Å²) in [5.74, 6) is -0.124. The van der Waals surface area contributed by atoms with Crippen molar-refractivity contribution < 1.29 is 14.3 Å². The molecule has 6 heteroatoms. The number of alkyl carbamates (subject to hydrolysis) is 1. The smallest absolute Gasteiger partial charge is 0.407 e. The van der Waals surface area contributed by atoms with Gasteiger partial charge >= 0.3 is 6.09 Å². The Morgan fingerprint density at radius 2 is 2.05 bits per heavy atom. The average Bonchev–Trinajstić information content (AvgIpc) is 2.40. The number of hydrogen-bond donors (Lipinski definition) is 2. The molecule has 0 fully saturated rings. The highest BCUT2D eigenvalue weighted by Crippen LogP contribution is 2.09. The number of aromatic nitrogens is 1. The summed E-state index contributed by atoms with van der Waals surface area (Å²) < 4.78 is 4.69. The Balaban J connectivity index is 2.26. The molecule has 1 atom stereocenters. The van der Waals surface area contributed by atoms with Crippen molar-refractivity contribution in [1.82, 2.24) is 15.6 Å². The van der Waals surface area contributed by atoms with Crippen molar-refractivity contribution in [2.45, 2.75) is 26.3 Å². The molecule has 0 saturated carbocycles. The van der Waals surface area contributed by atoms with Gasteiger partial charge in [-0.25, -0.2) is 4.79 Å². The molecule has 1 rings (SSSR count).